The molecule has 5 fully saturated rings. The number of hydrogen-bond donors (Lipinski definition) is 8. The number of fused-ring (bicyclic) bond motifs is 4. The van der Waals surface area contributed by atoms with E-state index in [0.29, 0.717) is 82.0 Å². The van der Waals surface area contributed by atoms with E-state index in [-0.39, 0.29) is 93.4 Å². The zero-order valence-electron chi connectivity index (χ0n) is 54.2. The fourth-order valence-corrected chi connectivity index (χ4v) is 13.9. The van der Waals surface area contributed by atoms with E-state index < -0.39 is 120 Å². The number of benzene rings is 3. The third-order valence-corrected chi connectivity index (χ3v) is 18.6. The van der Waals surface area contributed by atoms with Crippen LogP contribution in [-0.2, 0) is 76.8 Å². The third kappa shape index (κ3) is 17.3. The summed E-state index contributed by atoms with van der Waals surface area (Å²) in [5.41, 5.74) is 7.45. The largest absolute Gasteiger partial charge is 0.378 e. The van der Waals surface area contributed by atoms with Crippen LogP contribution in [0.4, 0.5) is 0 Å². The maximum absolute atomic E-state index is 15.4. The summed E-state index contributed by atoms with van der Waals surface area (Å²) in [5.74, 6) is -7.74. The van der Waals surface area contributed by atoms with Gasteiger partial charge in [0.05, 0.1) is 6.54 Å². The first-order valence-electron chi connectivity index (χ1n) is 33.3. The molecule has 12 amide bonds. The Hall–Kier alpha value is -9.16. The summed E-state index contributed by atoms with van der Waals surface area (Å²) in [5, 5.41) is 19.6. The van der Waals surface area contributed by atoms with E-state index in [1.54, 1.807) is 94.7 Å². The first kappa shape index (κ1) is 69.2. The van der Waals surface area contributed by atoms with Crippen molar-refractivity contribution in [1.29, 1.82) is 0 Å². The Kier molecular flexibility index (Phi) is 23.6. The van der Waals surface area contributed by atoms with Crippen molar-refractivity contribution in [3.05, 3.63) is 120 Å². The summed E-state index contributed by atoms with van der Waals surface area (Å²) in [6.07, 6.45) is 5.57. The molecule has 0 radical (unpaired) electrons. The van der Waals surface area contributed by atoms with Crippen LogP contribution in [0.2, 0.25) is 0 Å². The molecule has 0 saturated carbocycles. The molecule has 6 heterocycles. The summed E-state index contributed by atoms with van der Waals surface area (Å²) in [7, 11) is 0. The first-order chi connectivity index (χ1) is 45.1. The van der Waals surface area contributed by atoms with Crippen LogP contribution in [0.3, 0.4) is 0 Å². The van der Waals surface area contributed by atoms with Gasteiger partial charge < -0.3 is 67.5 Å². The Balaban J connectivity index is 0.966. The number of carbonyl (C=O) groups excluding carboxylic acids is 12. The number of rotatable bonds is 20. The standard InChI is InChI=1S/C69H91N13O12/c1-42(2)35-48-61(86)77-52(40-71-51(36-43(3)4)65(90)80-32-16-27-55(80)68(93)82-34-18-29-57(82)69(94)81-33-17-28-56(81)67(92)79-31-15-26-54(79)64(89)75-48)66(91)78-30-14-25-53(78)63(88)76-49(38-45-21-10-6-11-22-45)60(85)72-41-58(83)73-50(39-46-23-12-7-13-24-46)62(87)74-47(59(70)84)37-44-19-8-5-9-20-44/h5-13,19-24,40,42-43,47-51,53-57,71H,14-18,25-39,41H2,1-4H3,(H2,70,84)(H,72,85)(H,73,83)(H,74,87)(H,75,89)(H,76,88)(H,77,86). The molecule has 9 rings (SSSR count). The molecule has 10 unspecified atom stereocenters. The zero-order valence-corrected chi connectivity index (χ0v) is 54.2. The number of carbonyl (C=O) groups is 12. The number of primary amides is 1. The van der Waals surface area contributed by atoms with Crippen LogP contribution in [0.25, 0.3) is 0 Å². The Morgan fingerprint density at radius 1 is 0.500 bits per heavy atom. The molecule has 10 atom stereocenters. The van der Waals surface area contributed by atoms with Gasteiger partial charge in [0.25, 0.3) is 5.91 Å². The number of nitrogens with zero attached hydrogens (tertiary/aromatic N) is 5. The van der Waals surface area contributed by atoms with Crippen LogP contribution in [0.1, 0.15) is 121 Å². The van der Waals surface area contributed by atoms with Crippen molar-refractivity contribution in [3.8, 4) is 0 Å². The Morgan fingerprint density at radius 3 is 1.43 bits per heavy atom. The maximum atomic E-state index is 15.4. The molecular weight excluding hydrogens is 1200 g/mol. The Morgan fingerprint density at radius 2 is 0.936 bits per heavy atom. The van der Waals surface area contributed by atoms with Crippen molar-refractivity contribution in [1.82, 2.24) is 61.7 Å². The van der Waals surface area contributed by atoms with Crippen LogP contribution in [0.15, 0.2) is 103 Å². The molecule has 0 aromatic heterocycles. The number of nitrogens with two attached hydrogens (primary N) is 1. The topological polar surface area (TPSA) is 331 Å². The average Bonchev–Trinajstić information content (AvgIpc) is 1.64. The highest BCUT2D eigenvalue weighted by molar-refractivity contribution is 6.03. The molecule has 6 aliphatic rings. The molecule has 25 nitrogen and oxygen atoms in total. The molecule has 3 aromatic carbocycles. The second kappa shape index (κ2) is 32.1. The molecule has 94 heavy (non-hydrogen) atoms. The molecule has 0 spiro atoms. The number of nitrogens with one attached hydrogen (secondary N) is 7. The fraction of sp³-hybridized carbons (Fsp3) is 0.536. The first-order valence-corrected chi connectivity index (χ1v) is 33.3. The molecule has 5 saturated heterocycles. The Bertz CT molecular complexity index is 3300. The minimum absolute atomic E-state index is 0.0159. The predicted octanol–water partition coefficient (Wildman–Crippen LogP) is 1.23. The molecule has 3 aromatic rings. The summed E-state index contributed by atoms with van der Waals surface area (Å²) in [4.78, 5) is 181. The highest BCUT2D eigenvalue weighted by atomic mass is 16.2. The lowest BCUT2D eigenvalue weighted by Gasteiger charge is -2.36. The van der Waals surface area contributed by atoms with E-state index >= 15 is 9.59 Å². The summed E-state index contributed by atoms with van der Waals surface area (Å²) in [6, 6.07) is 15.9. The third-order valence-electron chi connectivity index (χ3n) is 18.6. The van der Waals surface area contributed by atoms with Gasteiger partial charge in [-0.05, 0) is 106 Å². The number of amides is 12. The molecule has 25 heteroatoms. The van der Waals surface area contributed by atoms with E-state index in [2.05, 4.69) is 37.2 Å². The SMILES string of the molecule is CC(C)CC1NC(=O)C2CCCN2C(=O)C2CCCN2C(=O)C2CCCN2C(=O)C2CCCN2C(=O)C(CC(C)C)NC=C(C(=O)N2CCCC2C(=O)NC(Cc2ccccc2)C(=O)NCC(=O)NC(Cc2ccccc2)C(=O)NC(Cc2ccccc2)C(N)=O)NC1=O. The van der Waals surface area contributed by atoms with Gasteiger partial charge in [-0.15, -0.1) is 0 Å². The fourth-order valence-electron chi connectivity index (χ4n) is 13.9. The maximum Gasteiger partial charge on any atom is 0.272 e. The van der Waals surface area contributed by atoms with Gasteiger partial charge in [-0.2, -0.15) is 0 Å². The van der Waals surface area contributed by atoms with Crippen molar-refractivity contribution < 1.29 is 57.5 Å². The average molecular weight is 1290 g/mol. The van der Waals surface area contributed by atoms with Crippen molar-refractivity contribution in [2.24, 2.45) is 17.6 Å². The quantitative estimate of drug-likeness (QED) is 0.0791. The van der Waals surface area contributed by atoms with Crippen molar-refractivity contribution >= 4 is 70.9 Å². The molecule has 0 bridgehead atoms. The van der Waals surface area contributed by atoms with E-state index in [0.717, 1.165) is 5.56 Å². The monoisotopic (exact) mass is 1290 g/mol. The van der Waals surface area contributed by atoms with Gasteiger partial charge in [0.15, 0.2) is 0 Å². The molecular formula is C69H91N13O12. The molecule has 504 valence electrons. The normalized spacial score (nSPS) is 24.0. The van der Waals surface area contributed by atoms with Crippen molar-refractivity contribution in [3.63, 3.8) is 0 Å². The summed E-state index contributed by atoms with van der Waals surface area (Å²) >= 11 is 0. The van der Waals surface area contributed by atoms with Crippen LogP contribution >= 0.6 is 0 Å². The minimum atomic E-state index is -1.32. The lowest BCUT2D eigenvalue weighted by molar-refractivity contribution is -0.152. The Labute approximate surface area is 548 Å². The summed E-state index contributed by atoms with van der Waals surface area (Å²) in [6.45, 7) is 8.01. The molecule has 0 aliphatic carbocycles. The van der Waals surface area contributed by atoms with Crippen LogP contribution in [0.5, 0.6) is 0 Å². The second-order valence-electron chi connectivity index (χ2n) is 26.4. The van der Waals surface area contributed by atoms with E-state index in [4.69, 9.17) is 5.73 Å². The summed E-state index contributed by atoms with van der Waals surface area (Å²) < 4.78 is 0. The van der Waals surface area contributed by atoms with E-state index in [1.165, 1.54) is 20.9 Å². The van der Waals surface area contributed by atoms with Crippen molar-refractivity contribution in [2.45, 2.75) is 184 Å². The zero-order chi connectivity index (χ0) is 67.2. The van der Waals surface area contributed by atoms with Gasteiger partial charge in [-0.25, -0.2) is 0 Å². The van der Waals surface area contributed by atoms with E-state index in [1.807, 2.05) is 33.8 Å². The smallest absolute Gasteiger partial charge is 0.272 e. The van der Waals surface area contributed by atoms with Gasteiger partial charge in [-0.3, -0.25) is 57.5 Å². The second-order valence-corrected chi connectivity index (χ2v) is 26.4. The minimum Gasteiger partial charge on any atom is -0.378 e. The van der Waals surface area contributed by atoms with Crippen LogP contribution < -0.4 is 43.0 Å². The van der Waals surface area contributed by atoms with Crippen LogP contribution in [-0.4, -0.2) is 195 Å². The van der Waals surface area contributed by atoms with Gasteiger partial charge in [0, 0.05) is 58.2 Å². The number of likely N-dealkylation sites (tertiary alicyclic amines) is 1. The lowest BCUT2D eigenvalue weighted by Crippen LogP contribution is -2.58. The van der Waals surface area contributed by atoms with Crippen molar-refractivity contribution in [2.75, 3.05) is 39.3 Å². The number of hydrogen-bond acceptors (Lipinski definition) is 13. The van der Waals surface area contributed by atoms with Crippen LogP contribution in [0, 0.1) is 11.8 Å². The lowest BCUT2D eigenvalue weighted by atomic mass is 10.0. The predicted molar refractivity (Wildman–Crippen MR) is 346 cm³/mol. The van der Waals surface area contributed by atoms with Gasteiger partial charge in [0.1, 0.15) is 66.1 Å². The van der Waals surface area contributed by atoms with Gasteiger partial charge >= 0.3 is 0 Å². The van der Waals surface area contributed by atoms with Gasteiger partial charge in [-0.1, -0.05) is 119 Å². The highest BCUT2D eigenvalue weighted by Crippen LogP contribution is 2.32. The van der Waals surface area contributed by atoms with E-state index in [9.17, 15) is 47.9 Å². The highest BCUT2D eigenvalue weighted by Gasteiger charge is 2.49. The molecule has 9 N–H and O–H groups in total. The van der Waals surface area contributed by atoms with Gasteiger partial charge in [0.2, 0.25) is 65.0 Å². The molecule has 6 aliphatic heterocycles.